The Bertz CT molecular complexity index is 1900. The molecule has 2 aromatic heterocycles. The van der Waals surface area contributed by atoms with Crippen molar-refractivity contribution in [2.75, 3.05) is 0 Å². The quantitative estimate of drug-likeness (QED) is 0.202. The van der Waals surface area contributed by atoms with Crippen LogP contribution in [0.4, 0.5) is 0 Å². The summed E-state index contributed by atoms with van der Waals surface area (Å²) in [5.41, 5.74) is 7.63. The average molecular weight is 656 g/mol. The third-order valence-corrected chi connectivity index (χ3v) is 8.84. The van der Waals surface area contributed by atoms with Crippen LogP contribution < -0.4 is 10.5 Å². The number of aromatic nitrogens is 2. The fourth-order valence-corrected chi connectivity index (χ4v) is 6.45. The van der Waals surface area contributed by atoms with Crippen LogP contribution in [0.25, 0.3) is 22.3 Å². The van der Waals surface area contributed by atoms with Gasteiger partial charge in [0.15, 0.2) is 5.15 Å². The highest BCUT2D eigenvalue weighted by molar-refractivity contribution is 9.10. The first-order chi connectivity index (χ1) is 19.6. The summed E-state index contributed by atoms with van der Waals surface area (Å²) in [6.07, 6.45) is 1.43. The number of fused-ring (bicyclic) bond motifs is 1. The molecular formula is C29H24BrClN4O5S. The number of carbonyl (C=O) groups excluding carboxylic acids is 2. The second kappa shape index (κ2) is 11.5. The molecule has 0 atom stereocenters. The largest absolute Gasteiger partial charge is 0.455 e. The Morgan fingerprint density at radius 2 is 1.78 bits per heavy atom. The second-order valence-electron chi connectivity index (χ2n) is 9.24. The third kappa shape index (κ3) is 5.65. The molecule has 0 aliphatic carbocycles. The number of imidazole rings is 1. The SMILES string of the molecule is CCCc1nc(Cl)c(C(N)=O)n1Cc1ccc2oc(-c3ccccc3C(=O)NS(=O)(=O)c3ccccc3)c(Br)c2c1. The van der Waals surface area contributed by atoms with Crippen molar-refractivity contribution in [3.8, 4) is 11.3 Å². The number of aryl methyl sites for hydroxylation is 1. The van der Waals surface area contributed by atoms with E-state index in [-0.39, 0.29) is 21.3 Å². The first kappa shape index (κ1) is 28.6. The fourth-order valence-electron chi connectivity index (χ4n) is 4.57. The summed E-state index contributed by atoms with van der Waals surface area (Å²) < 4.78 is 36.1. The number of primary amides is 1. The predicted molar refractivity (Wildman–Crippen MR) is 159 cm³/mol. The van der Waals surface area contributed by atoms with Crippen molar-refractivity contribution >= 4 is 60.3 Å². The number of benzene rings is 3. The Labute approximate surface area is 249 Å². The maximum absolute atomic E-state index is 13.2. The van der Waals surface area contributed by atoms with Gasteiger partial charge in [0, 0.05) is 23.9 Å². The van der Waals surface area contributed by atoms with E-state index in [9.17, 15) is 18.0 Å². The summed E-state index contributed by atoms with van der Waals surface area (Å²) >= 11 is 9.84. The van der Waals surface area contributed by atoms with E-state index in [4.69, 9.17) is 21.8 Å². The molecule has 2 amide bonds. The monoisotopic (exact) mass is 654 g/mol. The number of furan rings is 1. The Balaban J connectivity index is 1.51. The third-order valence-electron chi connectivity index (χ3n) is 6.44. The zero-order valence-corrected chi connectivity index (χ0v) is 24.9. The Morgan fingerprint density at radius 3 is 2.49 bits per heavy atom. The number of sulfonamides is 1. The van der Waals surface area contributed by atoms with Crippen molar-refractivity contribution in [2.45, 2.75) is 31.2 Å². The molecule has 5 aromatic rings. The summed E-state index contributed by atoms with van der Waals surface area (Å²) in [5.74, 6) is -0.447. The van der Waals surface area contributed by atoms with Gasteiger partial charge >= 0.3 is 0 Å². The molecule has 3 aromatic carbocycles. The highest BCUT2D eigenvalue weighted by Crippen LogP contribution is 2.39. The second-order valence-corrected chi connectivity index (χ2v) is 12.1. The van der Waals surface area contributed by atoms with Crippen LogP contribution in [-0.4, -0.2) is 29.8 Å². The Hall–Kier alpha value is -3.93. The summed E-state index contributed by atoms with van der Waals surface area (Å²) in [6.45, 7) is 2.30. The van der Waals surface area contributed by atoms with Gasteiger partial charge in [-0.3, -0.25) is 9.59 Å². The number of hydrogen-bond donors (Lipinski definition) is 2. The molecule has 3 N–H and O–H groups in total. The zero-order chi connectivity index (χ0) is 29.3. The van der Waals surface area contributed by atoms with Crippen LogP contribution in [0.2, 0.25) is 5.15 Å². The highest BCUT2D eigenvalue weighted by Gasteiger charge is 2.25. The predicted octanol–water partition coefficient (Wildman–Crippen LogP) is 5.93. The minimum absolute atomic E-state index is 0.0240. The minimum atomic E-state index is -4.08. The maximum atomic E-state index is 13.2. The lowest BCUT2D eigenvalue weighted by molar-refractivity contribution is 0.0976. The molecule has 9 nitrogen and oxygen atoms in total. The standard InChI is InChI=1S/C29H24BrClN4O5S/c1-2-8-23-33-27(31)25(28(32)36)35(23)16-17-13-14-22-21(15-17)24(30)26(40-22)19-11-6-7-12-20(19)29(37)34-41(38,39)18-9-4-3-5-10-18/h3-7,9-15H,2,8,16H2,1H3,(H2,32,36)(H,34,37). The van der Waals surface area contributed by atoms with Gasteiger partial charge in [-0.1, -0.05) is 61.0 Å². The van der Waals surface area contributed by atoms with Gasteiger partial charge in [-0.25, -0.2) is 18.1 Å². The van der Waals surface area contributed by atoms with Gasteiger partial charge in [0.05, 0.1) is 14.9 Å². The zero-order valence-electron chi connectivity index (χ0n) is 21.7. The number of amides is 2. The topological polar surface area (TPSA) is 137 Å². The van der Waals surface area contributed by atoms with E-state index in [1.54, 1.807) is 47.0 Å². The lowest BCUT2D eigenvalue weighted by Gasteiger charge is -2.10. The summed E-state index contributed by atoms with van der Waals surface area (Å²) in [7, 11) is -4.08. The van der Waals surface area contributed by atoms with Gasteiger partial charge in [0.2, 0.25) is 0 Å². The van der Waals surface area contributed by atoms with E-state index in [1.165, 1.54) is 18.2 Å². The first-order valence-corrected chi connectivity index (χ1v) is 15.2. The molecule has 0 spiro atoms. The van der Waals surface area contributed by atoms with Crippen LogP contribution in [0.1, 0.15) is 45.6 Å². The summed E-state index contributed by atoms with van der Waals surface area (Å²) in [5, 5.41) is 0.784. The Kier molecular flexibility index (Phi) is 8.03. The molecule has 0 saturated heterocycles. The van der Waals surface area contributed by atoms with E-state index in [0.29, 0.717) is 45.6 Å². The number of halogens is 2. The van der Waals surface area contributed by atoms with Crippen LogP contribution in [0.15, 0.2) is 86.6 Å². The van der Waals surface area contributed by atoms with Gasteiger partial charge in [0.25, 0.3) is 21.8 Å². The fraction of sp³-hybridized carbons (Fsp3) is 0.138. The highest BCUT2D eigenvalue weighted by atomic mass is 79.9. The molecule has 12 heteroatoms. The number of nitrogens with two attached hydrogens (primary N) is 1. The molecule has 0 aliphatic heterocycles. The van der Waals surface area contributed by atoms with E-state index in [0.717, 1.165) is 12.0 Å². The number of hydrogen-bond acceptors (Lipinski definition) is 6. The smallest absolute Gasteiger partial charge is 0.268 e. The normalized spacial score (nSPS) is 11.6. The van der Waals surface area contributed by atoms with Gasteiger partial charge in [-0.05, 0) is 58.2 Å². The van der Waals surface area contributed by atoms with Crippen LogP contribution in [-0.2, 0) is 23.0 Å². The average Bonchev–Trinajstić information content (AvgIpc) is 3.44. The van der Waals surface area contributed by atoms with Crippen molar-refractivity contribution in [1.29, 1.82) is 0 Å². The van der Waals surface area contributed by atoms with Gasteiger partial charge in [-0.15, -0.1) is 0 Å². The van der Waals surface area contributed by atoms with E-state index >= 15 is 0 Å². The lowest BCUT2D eigenvalue weighted by atomic mass is 10.0. The molecule has 0 fully saturated rings. The van der Waals surface area contributed by atoms with Gasteiger partial charge < -0.3 is 14.7 Å². The van der Waals surface area contributed by atoms with Crippen LogP contribution in [0.3, 0.4) is 0 Å². The van der Waals surface area contributed by atoms with Crippen molar-refractivity contribution in [3.63, 3.8) is 0 Å². The van der Waals surface area contributed by atoms with Gasteiger partial charge in [-0.2, -0.15) is 0 Å². The van der Waals surface area contributed by atoms with E-state index in [1.807, 2.05) is 19.1 Å². The van der Waals surface area contributed by atoms with E-state index < -0.39 is 21.8 Å². The number of nitrogens with one attached hydrogen (secondary N) is 1. The number of rotatable bonds is 9. The lowest BCUT2D eigenvalue weighted by Crippen LogP contribution is -2.30. The maximum Gasteiger partial charge on any atom is 0.268 e. The summed E-state index contributed by atoms with van der Waals surface area (Å²) in [6, 6.07) is 19.8. The molecule has 0 bridgehead atoms. The van der Waals surface area contributed by atoms with E-state index in [2.05, 4.69) is 25.6 Å². The van der Waals surface area contributed by atoms with Crippen molar-refractivity contribution in [3.05, 3.63) is 105 Å². The number of carbonyl (C=O) groups is 2. The van der Waals surface area contributed by atoms with Crippen molar-refractivity contribution in [1.82, 2.24) is 14.3 Å². The molecule has 0 saturated carbocycles. The minimum Gasteiger partial charge on any atom is -0.455 e. The van der Waals surface area contributed by atoms with Crippen LogP contribution >= 0.6 is 27.5 Å². The molecule has 210 valence electrons. The van der Waals surface area contributed by atoms with Crippen LogP contribution in [0.5, 0.6) is 0 Å². The molecular weight excluding hydrogens is 632 g/mol. The summed E-state index contributed by atoms with van der Waals surface area (Å²) in [4.78, 5) is 29.6. The van der Waals surface area contributed by atoms with Crippen LogP contribution in [0, 0.1) is 0 Å². The van der Waals surface area contributed by atoms with Crippen molar-refractivity contribution in [2.24, 2.45) is 5.73 Å². The molecule has 2 heterocycles. The molecule has 41 heavy (non-hydrogen) atoms. The van der Waals surface area contributed by atoms with Gasteiger partial charge in [0.1, 0.15) is 22.9 Å². The Morgan fingerprint density at radius 1 is 1.07 bits per heavy atom. The molecule has 0 aliphatic rings. The molecule has 5 rings (SSSR count). The molecule has 0 radical (unpaired) electrons. The first-order valence-electron chi connectivity index (χ1n) is 12.6. The number of nitrogens with zero attached hydrogens (tertiary/aromatic N) is 2. The van der Waals surface area contributed by atoms with Crippen molar-refractivity contribution < 1.29 is 22.4 Å². The molecule has 0 unspecified atom stereocenters.